The molecule has 9 heteroatoms. The van der Waals surface area contributed by atoms with E-state index in [0.717, 1.165) is 18.4 Å². The molecule has 0 fully saturated rings. The number of hydrogen-bond acceptors (Lipinski definition) is 7. The molecule has 0 bridgehead atoms. The van der Waals surface area contributed by atoms with Crippen LogP contribution in [0, 0.1) is 0 Å². The molecule has 0 atom stereocenters. The van der Waals surface area contributed by atoms with Crippen LogP contribution in [0.15, 0.2) is 43.4 Å². The van der Waals surface area contributed by atoms with E-state index in [-0.39, 0.29) is 18.4 Å². The summed E-state index contributed by atoms with van der Waals surface area (Å²) in [7, 11) is 0. The van der Waals surface area contributed by atoms with Crippen LogP contribution in [0.2, 0.25) is 0 Å². The minimum absolute atomic E-state index is 0.282. The van der Waals surface area contributed by atoms with Gasteiger partial charge in [-0.05, 0) is 36.6 Å². The average molecular weight is 397 g/mol. The first-order valence-electron chi connectivity index (χ1n) is 9.56. The fourth-order valence-corrected chi connectivity index (χ4v) is 2.41. The molecule has 2 aromatic rings. The van der Waals surface area contributed by atoms with Crippen molar-refractivity contribution in [1.82, 2.24) is 25.6 Å². The monoisotopic (exact) mass is 397 g/mol. The van der Waals surface area contributed by atoms with Crippen molar-refractivity contribution in [2.75, 3.05) is 36.8 Å². The Morgan fingerprint density at radius 3 is 2.55 bits per heavy atom. The van der Waals surface area contributed by atoms with Gasteiger partial charge in [0.05, 0.1) is 0 Å². The smallest absolute Gasteiger partial charge is 0.256 e. The highest BCUT2D eigenvalue weighted by Gasteiger charge is 2.14. The summed E-state index contributed by atoms with van der Waals surface area (Å²) in [5, 5.41) is 11.7. The van der Waals surface area contributed by atoms with Crippen LogP contribution in [0.4, 0.5) is 11.8 Å². The summed E-state index contributed by atoms with van der Waals surface area (Å²) in [4.78, 5) is 36.3. The van der Waals surface area contributed by atoms with E-state index in [2.05, 4.69) is 42.8 Å². The summed E-state index contributed by atoms with van der Waals surface area (Å²) in [5.41, 5.74) is 1.52. The van der Waals surface area contributed by atoms with Crippen molar-refractivity contribution < 1.29 is 9.59 Å². The average Bonchev–Trinajstić information content (AvgIpc) is 2.75. The molecule has 9 nitrogen and oxygen atoms in total. The summed E-state index contributed by atoms with van der Waals surface area (Å²) >= 11 is 0. The lowest BCUT2D eigenvalue weighted by Gasteiger charge is -2.13. The number of hydrogen-bond donors (Lipinski definition) is 4. The van der Waals surface area contributed by atoms with Crippen LogP contribution in [0.3, 0.4) is 0 Å². The van der Waals surface area contributed by atoms with Gasteiger partial charge in [0.1, 0.15) is 11.4 Å². The topological polar surface area (TPSA) is 121 Å². The SMILES string of the molecule is C=CC(=O)NCCNC(=O)c1cnc(NCCc2ccncc2)nc1NCCC. The van der Waals surface area contributed by atoms with Crippen molar-refractivity contribution in [2.45, 2.75) is 19.8 Å². The quantitative estimate of drug-likeness (QED) is 0.315. The predicted molar refractivity (Wildman–Crippen MR) is 113 cm³/mol. The molecule has 0 aromatic carbocycles. The molecule has 0 aliphatic heterocycles. The molecule has 154 valence electrons. The molecule has 2 heterocycles. The lowest BCUT2D eigenvalue weighted by molar-refractivity contribution is -0.116. The number of rotatable bonds is 12. The van der Waals surface area contributed by atoms with Gasteiger partial charge in [0.2, 0.25) is 11.9 Å². The van der Waals surface area contributed by atoms with Crippen molar-refractivity contribution in [3.05, 3.63) is 54.5 Å². The number of nitrogens with zero attached hydrogens (tertiary/aromatic N) is 3. The van der Waals surface area contributed by atoms with Crippen molar-refractivity contribution in [2.24, 2.45) is 0 Å². The number of aromatic nitrogens is 3. The van der Waals surface area contributed by atoms with Crippen molar-refractivity contribution in [1.29, 1.82) is 0 Å². The molecule has 0 saturated heterocycles. The summed E-state index contributed by atoms with van der Waals surface area (Å²) in [6.45, 7) is 7.35. The molecule has 2 amide bonds. The maximum Gasteiger partial charge on any atom is 0.256 e. The second-order valence-electron chi connectivity index (χ2n) is 6.17. The Labute approximate surface area is 170 Å². The first kappa shape index (κ1) is 21.8. The van der Waals surface area contributed by atoms with Gasteiger partial charge in [0.25, 0.3) is 5.91 Å². The minimum Gasteiger partial charge on any atom is -0.369 e. The van der Waals surface area contributed by atoms with Crippen LogP contribution in [0.25, 0.3) is 0 Å². The highest BCUT2D eigenvalue weighted by Crippen LogP contribution is 2.14. The number of nitrogens with one attached hydrogen (secondary N) is 4. The van der Waals surface area contributed by atoms with Gasteiger partial charge in [-0.3, -0.25) is 14.6 Å². The molecule has 0 unspecified atom stereocenters. The Balaban J connectivity index is 1.95. The standard InChI is InChI=1S/C20H27N7O2/c1-3-8-23-18-16(19(29)24-13-12-22-17(28)4-2)14-26-20(27-18)25-11-7-15-5-9-21-10-6-15/h4-6,9-10,14H,2-3,7-8,11-13H2,1H3,(H,22,28)(H,24,29)(H2,23,25,26,27). The molecule has 29 heavy (non-hydrogen) atoms. The highest BCUT2D eigenvalue weighted by atomic mass is 16.2. The van der Waals surface area contributed by atoms with Crippen LogP contribution in [0.1, 0.15) is 29.3 Å². The number of anilines is 2. The minimum atomic E-state index is -0.306. The fraction of sp³-hybridized carbons (Fsp3) is 0.350. The third-order valence-corrected chi connectivity index (χ3v) is 3.92. The van der Waals surface area contributed by atoms with E-state index in [9.17, 15) is 9.59 Å². The van der Waals surface area contributed by atoms with Gasteiger partial charge in [-0.2, -0.15) is 4.98 Å². The van der Waals surface area contributed by atoms with Crippen LogP contribution >= 0.6 is 0 Å². The lowest BCUT2D eigenvalue weighted by atomic mass is 10.2. The molecule has 4 N–H and O–H groups in total. The zero-order chi connectivity index (χ0) is 20.9. The molecule has 0 aliphatic rings. The van der Waals surface area contributed by atoms with Gasteiger partial charge in [0, 0.05) is 44.8 Å². The van der Waals surface area contributed by atoms with E-state index in [1.807, 2.05) is 19.1 Å². The van der Waals surface area contributed by atoms with E-state index in [1.54, 1.807) is 12.4 Å². The first-order valence-corrected chi connectivity index (χ1v) is 9.56. The number of carbonyl (C=O) groups excluding carboxylic acids is 2. The van der Waals surface area contributed by atoms with Gasteiger partial charge >= 0.3 is 0 Å². The van der Waals surface area contributed by atoms with Crippen molar-refractivity contribution in [3.8, 4) is 0 Å². The zero-order valence-corrected chi connectivity index (χ0v) is 16.6. The maximum atomic E-state index is 12.5. The maximum absolute atomic E-state index is 12.5. The van der Waals surface area contributed by atoms with Crippen LogP contribution in [-0.2, 0) is 11.2 Å². The van der Waals surface area contributed by atoms with Gasteiger partial charge in [0.15, 0.2) is 0 Å². The zero-order valence-electron chi connectivity index (χ0n) is 16.6. The molecular formula is C20H27N7O2. The van der Waals surface area contributed by atoms with Crippen molar-refractivity contribution in [3.63, 3.8) is 0 Å². The number of pyridine rings is 1. The second kappa shape index (κ2) is 12.1. The summed E-state index contributed by atoms with van der Waals surface area (Å²) in [5.74, 6) is 0.336. The Morgan fingerprint density at radius 2 is 1.83 bits per heavy atom. The molecule has 0 aliphatic carbocycles. The summed E-state index contributed by atoms with van der Waals surface area (Å²) < 4.78 is 0. The largest absolute Gasteiger partial charge is 0.369 e. The van der Waals surface area contributed by atoms with E-state index in [4.69, 9.17) is 0 Å². The first-order chi connectivity index (χ1) is 14.1. The Morgan fingerprint density at radius 1 is 1.07 bits per heavy atom. The Bertz CT molecular complexity index is 812. The molecule has 0 saturated carbocycles. The number of amides is 2. The van der Waals surface area contributed by atoms with Crippen LogP contribution in [-0.4, -0.2) is 52.9 Å². The molecular weight excluding hydrogens is 370 g/mol. The predicted octanol–water partition coefficient (Wildman–Crippen LogP) is 1.38. The summed E-state index contributed by atoms with van der Waals surface area (Å²) in [6, 6.07) is 3.92. The Hall–Kier alpha value is -3.49. The fourth-order valence-electron chi connectivity index (χ4n) is 2.41. The van der Waals surface area contributed by atoms with Gasteiger partial charge in [-0.25, -0.2) is 4.98 Å². The second-order valence-corrected chi connectivity index (χ2v) is 6.17. The van der Waals surface area contributed by atoms with Gasteiger partial charge in [-0.15, -0.1) is 0 Å². The normalized spacial score (nSPS) is 10.1. The molecule has 2 aromatic heterocycles. The van der Waals surface area contributed by atoms with E-state index >= 15 is 0 Å². The summed E-state index contributed by atoms with van der Waals surface area (Å²) in [6.07, 6.45) is 7.90. The van der Waals surface area contributed by atoms with E-state index in [1.165, 1.54) is 12.3 Å². The van der Waals surface area contributed by atoms with Crippen molar-refractivity contribution >= 4 is 23.6 Å². The third kappa shape index (κ3) is 7.57. The van der Waals surface area contributed by atoms with Crippen LogP contribution < -0.4 is 21.3 Å². The lowest BCUT2D eigenvalue weighted by Crippen LogP contribution is -2.34. The third-order valence-electron chi connectivity index (χ3n) is 3.92. The van der Waals surface area contributed by atoms with Gasteiger partial charge < -0.3 is 21.3 Å². The van der Waals surface area contributed by atoms with Gasteiger partial charge in [-0.1, -0.05) is 13.5 Å². The highest BCUT2D eigenvalue weighted by molar-refractivity contribution is 5.98. The van der Waals surface area contributed by atoms with Crippen LogP contribution in [0.5, 0.6) is 0 Å². The molecule has 2 rings (SSSR count). The van der Waals surface area contributed by atoms with E-state index in [0.29, 0.717) is 37.0 Å². The molecule has 0 radical (unpaired) electrons. The Kier molecular flexibility index (Phi) is 9.07. The van der Waals surface area contributed by atoms with E-state index < -0.39 is 0 Å². The number of carbonyl (C=O) groups is 2. The molecule has 0 spiro atoms.